The molecule has 0 aromatic rings. The Kier molecular flexibility index (Phi) is 4.22. The Morgan fingerprint density at radius 3 is 2.22 bits per heavy atom. The summed E-state index contributed by atoms with van der Waals surface area (Å²) >= 11 is 0. The van der Waals surface area contributed by atoms with E-state index < -0.39 is 0 Å². The predicted molar refractivity (Wildman–Crippen MR) is 73.7 cm³/mol. The molecule has 0 spiro atoms. The van der Waals surface area contributed by atoms with Crippen molar-refractivity contribution < 1.29 is 5.11 Å². The molecule has 1 atom stereocenters. The van der Waals surface area contributed by atoms with Gasteiger partial charge >= 0.3 is 0 Å². The lowest BCUT2D eigenvalue weighted by Gasteiger charge is -2.49. The van der Waals surface area contributed by atoms with Crippen LogP contribution < -0.4 is 0 Å². The van der Waals surface area contributed by atoms with Crippen LogP contribution >= 0.6 is 0 Å². The molecule has 0 bridgehead atoms. The second kappa shape index (κ2) is 5.89. The second-order valence-corrected chi connectivity index (χ2v) is 6.42. The van der Waals surface area contributed by atoms with Crippen LogP contribution in [0.1, 0.15) is 51.4 Å². The van der Waals surface area contributed by atoms with Gasteiger partial charge in [0.25, 0.3) is 0 Å². The van der Waals surface area contributed by atoms with Gasteiger partial charge in [-0.3, -0.25) is 9.80 Å². The van der Waals surface area contributed by atoms with E-state index in [1.807, 2.05) is 0 Å². The van der Waals surface area contributed by atoms with Gasteiger partial charge in [0.15, 0.2) is 0 Å². The van der Waals surface area contributed by atoms with Gasteiger partial charge in [0.2, 0.25) is 0 Å². The van der Waals surface area contributed by atoms with Gasteiger partial charge in [-0.25, -0.2) is 0 Å². The first-order valence-corrected chi connectivity index (χ1v) is 7.99. The van der Waals surface area contributed by atoms with Crippen LogP contribution in [0.25, 0.3) is 0 Å². The van der Waals surface area contributed by atoms with Gasteiger partial charge in [-0.1, -0.05) is 19.3 Å². The zero-order valence-corrected chi connectivity index (χ0v) is 11.6. The summed E-state index contributed by atoms with van der Waals surface area (Å²) in [5, 5.41) is 9.33. The fraction of sp³-hybridized carbons (Fsp3) is 1.00. The summed E-state index contributed by atoms with van der Waals surface area (Å²) in [5.74, 6) is 0. The van der Waals surface area contributed by atoms with Crippen molar-refractivity contribution in [3.05, 3.63) is 0 Å². The Hall–Kier alpha value is -0.120. The highest BCUT2D eigenvalue weighted by Gasteiger charge is 2.36. The van der Waals surface area contributed by atoms with E-state index in [0.29, 0.717) is 12.6 Å². The summed E-state index contributed by atoms with van der Waals surface area (Å²) in [6.45, 7) is 4.07. The molecule has 0 aromatic carbocycles. The summed E-state index contributed by atoms with van der Waals surface area (Å²) in [4.78, 5) is 5.44. The van der Waals surface area contributed by atoms with Gasteiger partial charge < -0.3 is 5.11 Å². The van der Waals surface area contributed by atoms with Gasteiger partial charge in [-0.2, -0.15) is 0 Å². The normalized spacial score (nSPS) is 32.8. The molecule has 2 saturated carbocycles. The third-order valence-electron chi connectivity index (χ3n) is 5.41. The minimum Gasteiger partial charge on any atom is -0.396 e. The maximum atomic E-state index is 9.33. The van der Waals surface area contributed by atoms with Crippen molar-refractivity contribution >= 4 is 0 Å². The van der Waals surface area contributed by atoms with Crippen LogP contribution in [0.15, 0.2) is 0 Å². The second-order valence-electron chi connectivity index (χ2n) is 6.42. The molecule has 104 valence electrons. The predicted octanol–water partition coefficient (Wildman–Crippen LogP) is 1.85. The third kappa shape index (κ3) is 2.59. The zero-order valence-electron chi connectivity index (χ0n) is 11.6. The summed E-state index contributed by atoms with van der Waals surface area (Å²) < 4.78 is 0. The van der Waals surface area contributed by atoms with Crippen LogP contribution in [0.5, 0.6) is 0 Å². The first-order chi connectivity index (χ1) is 8.88. The first-order valence-electron chi connectivity index (χ1n) is 7.99. The highest BCUT2D eigenvalue weighted by molar-refractivity contribution is 4.92. The topological polar surface area (TPSA) is 26.7 Å². The minimum atomic E-state index is 0.354. The monoisotopic (exact) mass is 252 g/mol. The average Bonchev–Trinajstić information content (AvgIpc) is 2.81. The number of hydrogen-bond donors (Lipinski definition) is 1. The zero-order chi connectivity index (χ0) is 12.4. The van der Waals surface area contributed by atoms with Crippen LogP contribution in [0, 0.1) is 0 Å². The Morgan fingerprint density at radius 1 is 0.889 bits per heavy atom. The van der Waals surface area contributed by atoms with Gasteiger partial charge in [-0.05, 0) is 32.1 Å². The summed E-state index contributed by atoms with van der Waals surface area (Å²) in [5.41, 5.74) is 0. The van der Waals surface area contributed by atoms with Crippen LogP contribution in [-0.2, 0) is 0 Å². The van der Waals surface area contributed by atoms with Crippen LogP contribution in [0.2, 0.25) is 0 Å². The molecule has 3 fully saturated rings. The molecule has 3 heteroatoms. The SMILES string of the molecule is OCC[C@@H]1CN(C2CCC2)CCN1C1CCCC1. The molecule has 0 unspecified atom stereocenters. The molecular weight excluding hydrogens is 224 g/mol. The van der Waals surface area contributed by atoms with Crippen molar-refractivity contribution in [3.63, 3.8) is 0 Å². The molecule has 1 aliphatic heterocycles. The molecule has 2 aliphatic carbocycles. The highest BCUT2D eigenvalue weighted by atomic mass is 16.3. The van der Waals surface area contributed by atoms with E-state index in [9.17, 15) is 5.11 Å². The number of nitrogens with zero attached hydrogens (tertiary/aromatic N) is 2. The summed E-state index contributed by atoms with van der Waals surface area (Å²) in [6, 6.07) is 2.31. The van der Waals surface area contributed by atoms with E-state index in [1.54, 1.807) is 0 Å². The first kappa shape index (κ1) is 12.9. The molecule has 18 heavy (non-hydrogen) atoms. The number of aliphatic hydroxyl groups excluding tert-OH is 1. The van der Waals surface area contributed by atoms with E-state index in [0.717, 1.165) is 18.5 Å². The lowest BCUT2D eigenvalue weighted by atomic mass is 9.90. The van der Waals surface area contributed by atoms with Crippen LogP contribution in [0.3, 0.4) is 0 Å². The molecule has 0 amide bonds. The largest absolute Gasteiger partial charge is 0.396 e. The fourth-order valence-corrected chi connectivity index (χ4v) is 4.10. The summed E-state index contributed by atoms with van der Waals surface area (Å²) in [7, 11) is 0. The maximum Gasteiger partial charge on any atom is 0.0446 e. The molecule has 1 heterocycles. The summed E-state index contributed by atoms with van der Waals surface area (Å²) in [6.07, 6.45) is 10.8. The number of hydrogen-bond acceptors (Lipinski definition) is 3. The van der Waals surface area contributed by atoms with Crippen molar-refractivity contribution in [2.24, 2.45) is 0 Å². The molecule has 3 aliphatic rings. The van der Waals surface area contributed by atoms with Crippen molar-refractivity contribution in [1.29, 1.82) is 0 Å². The molecule has 1 saturated heterocycles. The van der Waals surface area contributed by atoms with Crippen molar-refractivity contribution in [2.45, 2.75) is 69.5 Å². The van der Waals surface area contributed by atoms with E-state index in [-0.39, 0.29) is 0 Å². The molecule has 3 nitrogen and oxygen atoms in total. The van der Waals surface area contributed by atoms with E-state index in [4.69, 9.17) is 0 Å². The molecule has 3 rings (SSSR count). The van der Waals surface area contributed by atoms with Gasteiger partial charge in [0, 0.05) is 44.4 Å². The Bertz CT molecular complexity index is 261. The Balaban J connectivity index is 1.60. The molecule has 0 aromatic heterocycles. The van der Waals surface area contributed by atoms with E-state index >= 15 is 0 Å². The molecular formula is C15H28N2O. The van der Waals surface area contributed by atoms with Crippen LogP contribution in [0.4, 0.5) is 0 Å². The van der Waals surface area contributed by atoms with Crippen LogP contribution in [-0.4, -0.2) is 59.3 Å². The van der Waals surface area contributed by atoms with E-state index in [1.165, 1.54) is 64.6 Å². The smallest absolute Gasteiger partial charge is 0.0446 e. The van der Waals surface area contributed by atoms with Crippen molar-refractivity contribution in [3.8, 4) is 0 Å². The highest BCUT2D eigenvalue weighted by Crippen LogP contribution is 2.31. The van der Waals surface area contributed by atoms with E-state index in [2.05, 4.69) is 9.80 Å². The lowest BCUT2D eigenvalue weighted by molar-refractivity contribution is -0.00484. The third-order valence-corrected chi connectivity index (χ3v) is 5.41. The Labute approximate surface area is 111 Å². The number of piperazine rings is 1. The maximum absolute atomic E-state index is 9.33. The Morgan fingerprint density at radius 2 is 1.61 bits per heavy atom. The van der Waals surface area contributed by atoms with Gasteiger partial charge in [0.05, 0.1) is 0 Å². The molecule has 0 radical (unpaired) electrons. The minimum absolute atomic E-state index is 0.354. The standard InChI is InChI=1S/C15H28N2O/c18-11-8-15-12-16(13-6-3-7-13)9-10-17(15)14-4-1-2-5-14/h13-15,18H,1-12H2/t15-/m1/s1. The average molecular weight is 252 g/mol. The van der Waals surface area contributed by atoms with Gasteiger partial charge in [0.1, 0.15) is 0 Å². The van der Waals surface area contributed by atoms with Crippen molar-refractivity contribution in [1.82, 2.24) is 9.80 Å². The quantitative estimate of drug-likeness (QED) is 0.827. The number of rotatable bonds is 4. The molecule has 1 N–H and O–H groups in total. The van der Waals surface area contributed by atoms with Crippen molar-refractivity contribution in [2.75, 3.05) is 26.2 Å². The number of aliphatic hydroxyl groups is 1. The lowest BCUT2D eigenvalue weighted by Crippen LogP contribution is -2.59. The fourth-order valence-electron chi connectivity index (χ4n) is 4.10. The van der Waals surface area contributed by atoms with Gasteiger partial charge in [-0.15, -0.1) is 0 Å².